The second-order valence-corrected chi connectivity index (χ2v) is 9.71. The Bertz CT molecular complexity index is 873. The molecule has 32 heavy (non-hydrogen) atoms. The zero-order valence-corrected chi connectivity index (χ0v) is 20.4. The molecule has 0 heterocycles. The molecule has 2 aromatic rings. The van der Waals surface area contributed by atoms with E-state index < -0.39 is 12.2 Å². The first-order valence-corrected chi connectivity index (χ1v) is 11.6. The van der Waals surface area contributed by atoms with Crippen LogP contribution in [0.15, 0.2) is 48.5 Å². The lowest BCUT2D eigenvalue weighted by Crippen LogP contribution is -2.26. The summed E-state index contributed by atoms with van der Waals surface area (Å²) in [6, 6.07) is 14.8. The monoisotopic (exact) mass is 440 g/mol. The van der Waals surface area contributed by atoms with Gasteiger partial charge in [-0.15, -0.1) is 0 Å². The normalized spacial score (nSPS) is 14.5. The standard InChI is InChI=1S/C28H40O4/c1-7-28(8-2,23-14-15-25(20(3)17-23)32-19-24(30)18-29)22-12-9-21(10-13-22)11-16-26(31)27(4,5)6/h9-17,24,26,29-31H,7-8,18-19H2,1-6H3/t24-,26?/m1/s1. The summed E-state index contributed by atoms with van der Waals surface area (Å²) in [5, 5.41) is 28.8. The first kappa shape index (κ1) is 26.1. The average molecular weight is 441 g/mol. The van der Waals surface area contributed by atoms with Crippen molar-refractivity contribution in [1.29, 1.82) is 0 Å². The third-order valence-electron chi connectivity index (χ3n) is 6.40. The van der Waals surface area contributed by atoms with Crippen LogP contribution in [0.3, 0.4) is 0 Å². The zero-order chi connectivity index (χ0) is 23.9. The van der Waals surface area contributed by atoms with Crippen LogP contribution in [0.2, 0.25) is 0 Å². The van der Waals surface area contributed by atoms with Crippen LogP contribution in [0.1, 0.15) is 69.7 Å². The van der Waals surface area contributed by atoms with Crippen molar-refractivity contribution in [3.05, 3.63) is 70.8 Å². The molecule has 0 aliphatic carbocycles. The predicted molar refractivity (Wildman–Crippen MR) is 132 cm³/mol. The van der Waals surface area contributed by atoms with Crippen LogP contribution in [0, 0.1) is 12.3 Å². The highest BCUT2D eigenvalue weighted by molar-refractivity contribution is 5.53. The van der Waals surface area contributed by atoms with E-state index in [-0.39, 0.29) is 24.0 Å². The molecular formula is C28H40O4. The number of hydrogen-bond donors (Lipinski definition) is 3. The van der Waals surface area contributed by atoms with Crippen LogP contribution in [-0.2, 0) is 5.41 Å². The minimum atomic E-state index is -0.878. The van der Waals surface area contributed by atoms with Gasteiger partial charge in [0.25, 0.3) is 0 Å². The van der Waals surface area contributed by atoms with Crippen molar-refractivity contribution in [3.8, 4) is 5.75 Å². The van der Waals surface area contributed by atoms with E-state index in [1.54, 1.807) is 0 Å². The number of rotatable bonds is 10. The average Bonchev–Trinajstić information content (AvgIpc) is 2.77. The number of aryl methyl sites for hydroxylation is 1. The third-order valence-corrected chi connectivity index (χ3v) is 6.40. The Morgan fingerprint density at radius 3 is 2.03 bits per heavy atom. The van der Waals surface area contributed by atoms with Gasteiger partial charge in [0.2, 0.25) is 0 Å². The first-order valence-electron chi connectivity index (χ1n) is 11.6. The minimum Gasteiger partial charge on any atom is -0.491 e. The van der Waals surface area contributed by atoms with Crippen LogP contribution >= 0.6 is 0 Å². The van der Waals surface area contributed by atoms with E-state index in [0.717, 1.165) is 29.7 Å². The molecule has 176 valence electrons. The molecule has 3 N–H and O–H groups in total. The van der Waals surface area contributed by atoms with Gasteiger partial charge in [-0.1, -0.05) is 83.2 Å². The predicted octanol–water partition coefficient (Wildman–Crippen LogP) is 5.25. The Morgan fingerprint density at radius 1 is 0.938 bits per heavy atom. The Hall–Kier alpha value is -2.14. The topological polar surface area (TPSA) is 69.9 Å². The van der Waals surface area contributed by atoms with Gasteiger partial charge in [0.05, 0.1) is 12.7 Å². The molecule has 0 radical (unpaired) electrons. The molecule has 4 nitrogen and oxygen atoms in total. The lowest BCUT2D eigenvalue weighted by Gasteiger charge is -2.34. The molecule has 0 saturated carbocycles. The SMILES string of the molecule is CCC(CC)(c1ccc(C=CC(O)C(C)(C)C)cc1)c1ccc(OC[C@H](O)CO)c(C)c1. The van der Waals surface area contributed by atoms with Gasteiger partial charge >= 0.3 is 0 Å². The summed E-state index contributed by atoms with van der Waals surface area (Å²) in [5.41, 5.74) is 4.29. The Morgan fingerprint density at radius 2 is 1.53 bits per heavy atom. The van der Waals surface area contributed by atoms with E-state index >= 15 is 0 Å². The lowest BCUT2D eigenvalue weighted by atomic mass is 9.70. The number of aliphatic hydroxyl groups is 3. The second kappa shape index (κ2) is 11.1. The summed E-state index contributed by atoms with van der Waals surface area (Å²) in [4.78, 5) is 0. The lowest BCUT2D eigenvalue weighted by molar-refractivity contribution is 0.0534. The van der Waals surface area contributed by atoms with E-state index in [0.29, 0.717) is 0 Å². The fraction of sp³-hybridized carbons (Fsp3) is 0.500. The van der Waals surface area contributed by atoms with Gasteiger partial charge in [0.1, 0.15) is 18.5 Å². The largest absolute Gasteiger partial charge is 0.491 e. The first-order chi connectivity index (χ1) is 15.1. The summed E-state index contributed by atoms with van der Waals surface area (Å²) >= 11 is 0. The number of hydrogen-bond acceptors (Lipinski definition) is 4. The van der Waals surface area contributed by atoms with Crippen molar-refractivity contribution >= 4 is 6.08 Å². The zero-order valence-electron chi connectivity index (χ0n) is 20.4. The molecule has 0 amide bonds. The molecule has 2 aromatic carbocycles. The highest BCUT2D eigenvalue weighted by atomic mass is 16.5. The fourth-order valence-corrected chi connectivity index (χ4v) is 3.99. The van der Waals surface area contributed by atoms with Crippen LogP contribution in [-0.4, -0.2) is 40.7 Å². The van der Waals surface area contributed by atoms with E-state index in [4.69, 9.17) is 9.84 Å². The Labute approximate surface area is 193 Å². The van der Waals surface area contributed by atoms with Crippen LogP contribution in [0.5, 0.6) is 5.75 Å². The number of aliphatic hydroxyl groups excluding tert-OH is 3. The van der Waals surface area contributed by atoms with Gasteiger partial charge in [-0.3, -0.25) is 0 Å². The molecule has 0 bridgehead atoms. The van der Waals surface area contributed by atoms with Crippen LogP contribution in [0.25, 0.3) is 6.08 Å². The minimum absolute atomic E-state index is 0.0717. The molecule has 0 aliphatic rings. The summed E-state index contributed by atoms with van der Waals surface area (Å²) in [6.45, 7) is 12.3. The van der Waals surface area contributed by atoms with Gasteiger partial charge in [0.15, 0.2) is 0 Å². The summed E-state index contributed by atoms with van der Waals surface area (Å²) in [7, 11) is 0. The molecule has 0 spiro atoms. The van der Waals surface area contributed by atoms with E-state index in [1.165, 1.54) is 11.1 Å². The molecule has 2 rings (SSSR count). The summed E-state index contributed by atoms with van der Waals surface area (Å²) < 4.78 is 5.68. The van der Waals surface area contributed by atoms with Crippen molar-refractivity contribution in [2.75, 3.05) is 13.2 Å². The highest BCUT2D eigenvalue weighted by Gasteiger charge is 2.31. The molecule has 0 fully saturated rings. The summed E-state index contributed by atoms with van der Waals surface area (Å²) in [5.74, 6) is 0.722. The Kier molecular flexibility index (Phi) is 9.08. The van der Waals surface area contributed by atoms with E-state index in [1.807, 2.05) is 45.9 Å². The second-order valence-electron chi connectivity index (χ2n) is 9.71. The van der Waals surface area contributed by atoms with Gasteiger partial charge in [-0.05, 0) is 53.5 Å². The van der Waals surface area contributed by atoms with Crippen molar-refractivity contribution in [1.82, 2.24) is 0 Å². The smallest absolute Gasteiger partial charge is 0.122 e. The fourth-order valence-electron chi connectivity index (χ4n) is 3.99. The van der Waals surface area contributed by atoms with Crippen molar-refractivity contribution < 1.29 is 20.1 Å². The van der Waals surface area contributed by atoms with Gasteiger partial charge < -0.3 is 20.1 Å². The summed E-state index contributed by atoms with van der Waals surface area (Å²) in [6.07, 6.45) is 4.40. The molecule has 0 aromatic heterocycles. The van der Waals surface area contributed by atoms with Crippen molar-refractivity contribution in [2.24, 2.45) is 5.41 Å². The third kappa shape index (κ3) is 6.22. The molecule has 4 heteroatoms. The number of ether oxygens (including phenoxy) is 1. The van der Waals surface area contributed by atoms with Gasteiger partial charge in [0, 0.05) is 5.41 Å². The van der Waals surface area contributed by atoms with Gasteiger partial charge in [-0.2, -0.15) is 0 Å². The van der Waals surface area contributed by atoms with Crippen molar-refractivity contribution in [3.63, 3.8) is 0 Å². The highest BCUT2D eigenvalue weighted by Crippen LogP contribution is 2.40. The van der Waals surface area contributed by atoms with Crippen LogP contribution in [0.4, 0.5) is 0 Å². The Balaban J connectivity index is 2.30. The van der Waals surface area contributed by atoms with Crippen molar-refractivity contribution in [2.45, 2.75) is 72.0 Å². The maximum absolute atomic E-state index is 10.3. The van der Waals surface area contributed by atoms with E-state index in [9.17, 15) is 10.2 Å². The maximum atomic E-state index is 10.3. The van der Waals surface area contributed by atoms with Gasteiger partial charge in [-0.25, -0.2) is 0 Å². The van der Waals surface area contributed by atoms with Crippen LogP contribution < -0.4 is 4.74 Å². The molecular weight excluding hydrogens is 400 g/mol. The molecule has 1 unspecified atom stereocenters. The molecule has 0 saturated heterocycles. The quantitative estimate of drug-likeness (QED) is 0.472. The van der Waals surface area contributed by atoms with E-state index in [2.05, 4.69) is 50.2 Å². The molecule has 0 aliphatic heterocycles. The maximum Gasteiger partial charge on any atom is 0.122 e. The molecule has 2 atom stereocenters. The number of benzene rings is 2.